The van der Waals surface area contributed by atoms with Gasteiger partial charge in [-0.05, 0) is 47.6 Å². The lowest BCUT2D eigenvalue weighted by molar-refractivity contribution is 0.630. The highest BCUT2D eigenvalue weighted by Gasteiger charge is 2.03. The quantitative estimate of drug-likeness (QED) is 0.491. The van der Waals surface area contributed by atoms with Crippen LogP contribution in [0.15, 0.2) is 10.8 Å². The minimum atomic E-state index is 1.30. The molecule has 0 aliphatic rings. The molecule has 0 aromatic carbocycles. The largest absolute Gasteiger partial charge is 0.152 e. The van der Waals surface area contributed by atoms with Gasteiger partial charge in [0.05, 0.1) is 0 Å². The van der Waals surface area contributed by atoms with Crippen LogP contribution in [0.3, 0.4) is 0 Å². The number of unbranched alkanes of at least 4 members (excludes halogenated alkanes) is 5. The van der Waals surface area contributed by atoms with Crippen molar-refractivity contribution < 1.29 is 0 Å². The summed E-state index contributed by atoms with van der Waals surface area (Å²) < 4.78 is 0. The minimum Gasteiger partial charge on any atom is -0.152 e. The Kier molecular flexibility index (Phi) is 7.58. The Morgan fingerprint density at radius 2 is 1.31 bits per heavy atom. The molecule has 0 aliphatic heterocycles. The van der Waals surface area contributed by atoms with Crippen LogP contribution >= 0.6 is 11.3 Å². The van der Waals surface area contributed by atoms with E-state index in [0.29, 0.717) is 0 Å². The SMILES string of the molecule is CCCCCCCc1cscc1CCCC. The Morgan fingerprint density at radius 1 is 0.750 bits per heavy atom. The third kappa shape index (κ3) is 5.16. The first-order valence-corrected chi connectivity index (χ1v) is 7.86. The van der Waals surface area contributed by atoms with Gasteiger partial charge in [-0.1, -0.05) is 46.0 Å². The number of rotatable bonds is 9. The van der Waals surface area contributed by atoms with Crippen molar-refractivity contribution in [1.82, 2.24) is 0 Å². The van der Waals surface area contributed by atoms with Crippen molar-refractivity contribution in [2.24, 2.45) is 0 Å². The summed E-state index contributed by atoms with van der Waals surface area (Å²) in [6.45, 7) is 4.55. The molecule has 0 fully saturated rings. The highest BCUT2D eigenvalue weighted by atomic mass is 32.1. The van der Waals surface area contributed by atoms with Gasteiger partial charge in [-0.15, -0.1) is 0 Å². The van der Waals surface area contributed by atoms with Gasteiger partial charge in [0, 0.05) is 0 Å². The fraction of sp³-hybridized carbons (Fsp3) is 0.733. The van der Waals surface area contributed by atoms with Gasteiger partial charge in [-0.3, -0.25) is 0 Å². The summed E-state index contributed by atoms with van der Waals surface area (Å²) >= 11 is 1.88. The second kappa shape index (κ2) is 8.81. The molecule has 1 heterocycles. The number of hydrogen-bond donors (Lipinski definition) is 0. The standard InChI is InChI=1S/C15H26S/c1-3-5-7-8-9-11-15-13-16-12-14(15)10-6-4-2/h12-13H,3-11H2,1-2H3. The highest BCUT2D eigenvalue weighted by Crippen LogP contribution is 2.20. The molecule has 0 N–H and O–H groups in total. The van der Waals surface area contributed by atoms with Crippen molar-refractivity contribution in [3.05, 3.63) is 21.9 Å². The Morgan fingerprint density at radius 3 is 1.94 bits per heavy atom. The molecule has 0 aliphatic carbocycles. The molecule has 0 nitrogen and oxygen atoms in total. The van der Waals surface area contributed by atoms with Gasteiger partial charge >= 0.3 is 0 Å². The van der Waals surface area contributed by atoms with Gasteiger partial charge in [0.15, 0.2) is 0 Å². The van der Waals surface area contributed by atoms with Gasteiger partial charge < -0.3 is 0 Å². The summed E-state index contributed by atoms with van der Waals surface area (Å²) in [5.74, 6) is 0. The van der Waals surface area contributed by atoms with E-state index < -0.39 is 0 Å². The van der Waals surface area contributed by atoms with Crippen molar-refractivity contribution in [2.75, 3.05) is 0 Å². The minimum absolute atomic E-state index is 1.30. The van der Waals surface area contributed by atoms with Gasteiger partial charge in [-0.2, -0.15) is 11.3 Å². The topological polar surface area (TPSA) is 0 Å². The first-order chi connectivity index (χ1) is 7.88. The van der Waals surface area contributed by atoms with Crippen LogP contribution in [0.4, 0.5) is 0 Å². The van der Waals surface area contributed by atoms with E-state index >= 15 is 0 Å². The molecular formula is C15H26S. The fourth-order valence-corrected chi connectivity index (χ4v) is 3.01. The number of aryl methyl sites for hydroxylation is 2. The average Bonchev–Trinajstić information content (AvgIpc) is 2.74. The molecule has 0 unspecified atom stereocenters. The van der Waals surface area contributed by atoms with Crippen LogP contribution in [0.1, 0.15) is 69.9 Å². The highest BCUT2D eigenvalue weighted by molar-refractivity contribution is 7.08. The first kappa shape index (κ1) is 13.8. The molecular weight excluding hydrogens is 212 g/mol. The molecule has 0 saturated carbocycles. The van der Waals surface area contributed by atoms with Crippen LogP contribution in [0, 0.1) is 0 Å². The summed E-state index contributed by atoms with van der Waals surface area (Å²) in [4.78, 5) is 0. The van der Waals surface area contributed by atoms with Crippen molar-refractivity contribution in [3.63, 3.8) is 0 Å². The van der Waals surface area contributed by atoms with E-state index in [0.717, 1.165) is 0 Å². The molecule has 0 atom stereocenters. The predicted octanol–water partition coefficient (Wildman–Crippen LogP) is 5.60. The van der Waals surface area contributed by atoms with Gasteiger partial charge in [-0.25, -0.2) is 0 Å². The summed E-state index contributed by atoms with van der Waals surface area (Å²) in [6, 6.07) is 0. The second-order valence-electron chi connectivity index (χ2n) is 4.69. The molecule has 1 heteroatoms. The van der Waals surface area contributed by atoms with Crippen molar-refractivity contribution >= 4 is 11.3 Å². The third-order valence-corrected chi connectivity index (χ3v) is 4.02. The molecule has 0 spiro atoms. The van der Waals surface area contributed by atoms with Crippen LogP contribution in [0.2, 0.25) is 0 Å². The van der Waals surface area contributed by atoms with E-state index in [1.165, 1.54) is 57.8 Å². The van der Waals surface area contributed by atoms with Crippen LogP contribution in [0.25, 0.3) is 0 Å². The Labute approximate surface area is 105 Å². The second-order valence-corrected chi connectivity index (χ2v) is 5.43. The number of thiophene rings is 1. The maximum atomic E-state index is 2.37. The molecule has 0 saturated heterocycles. The van der Waals surface area contributed by atoms with Crippen LogP contribution in [-0.4, -0.2) is 0 Å². The Bertz CT molecular complexity index is 262. The number of hydrogen-bond acceptors (Lipinski definition) is 1. The van der Waals surface area contributed by atoms with E-state index in [4.69, 9.17) is 0 Å². The van der Waals surface area contributed by atoms with Gasteiger partial charge in [0.1, 0.15) is 0 Å². The van der Waals surface area contributed by atoms with Crippen LogP contribution in [-0.2, 0) is 12.8 Å². The molecule has 1 aromatic heterocycles. The van der Waals surface area contributed by atoms with E-state index in [2.05, 4.69) is 24.6 Å². The van der Waals surface area contributed by atoms with E-state index in [-0.39, 0.29) is 0 Å². The Hall–Kier alpha value is -0.300. The lowest BCUT2D eigenvalue weighted by Gasteiger charge is -2.03. The zero-order valence-corrected chi connectivity index (χ0v) is 11.7. The average molecular weight is 238 g/mol. The van der Waals surface area contributed by atoms with E-state index in [1.54, 1.807) is 11.1 Å². The zero-order valence-electron chi connectivity index (χ0n) is 10.9. The maximum Gasteiger partial charge on any atom is -0.00584 e. The van der Waals surface area contributed by atoms with Crippen molar-refractivity contribution in [3.8, 4) is 0 Å². The zero-order chi connectivity index (χ0) is 11.6. The third-order valence-electron chi connectivity index (χ3n) is 3.18. The molecule has 16 heavy (non-hydrogen) atoms. The summed E-state index contributed by atoms with van der Waals surface area (Å²) in [5, 5.41) is 4.72. The van der Waals surface area contributed by atoms with Crippen molar-refractivity contribution in [1.29, 1.82) is 0 Å². The monoisotopic (exact) mass is 238 g/mol. The predicted molar refractivity (Wildman–Crippen MR) is 75.4 cm³/mol. The lowest BCUT2D eigenvalue weighted by atomic mass is 10.0. The van der Waals surface area contributed by atoms with Gasteiger partial charge in [0.2, 0.25) is 0 Å². The first-order valence-electron chi connectivity index (χ1n) is 6.92. The summed E-state index contributed by atoms with van der Waals surface area (Å²) in [7, 11) is 0. The molecule has 1 rings (SSSR count). The molecule has 0 radical (unpaired) electrons. The fourth-order valence-electron chi connectivity index (χ4n) is 2.07. The summed E-state index contributed by atoms with van der Waals surface area (Å²) in [6.07, 6.45) is 12.2. The van der Waals surface area contributed by atoms with Crippen LogP contribution in [0.5, 0.6) is 0 Å². The Balaban J connectivity index is 2.22. The van der Waals surface area contributed by atoms with Crippen LogP contribution < -0.4 is 0 Å². The molecule has 1 aromatic rings. The van der Waals surface area contributed by atoms with Crippen molar-refractivity contribution in [2.45, 2.75) is 71.6 Å². The van der Waals surface area contributed by atoms with Gasteiger partial charge in [0.25, 0.3) is 0 Å². The molecule has 92 valence electrons. The molecule has 0 bridgehead atoms. The lowest BCUT2D eigenvalue weighted by Crippen LogP contribution is -1.90. The van der Waals surface area contributed by atoms with E-state index in [1.807, 2.05) is 11.3 Å². The summed E-state index contributed by atoms with van der Waals surface area (Å²) in [5.41, 5.74) is 3.26. The normalized spacial score (nSPS) is 10.9. The smallest absolute Gasteiger partial charge is 0.00584 e. The molecule has 0 amide bonds. The maximum absolute atomic E-state index is 2.37. The van der Waals surface area contributed by atoms with E-state index in [9.17, 15) is 0 Å².